The Kier molecular flexibility index (Phi) is 3.36. The van der Waals surface area contributed by atoms with Crippen molar-refractivity contribution in [3.8, 4) is 0 Å². The molecule has 2 atom stereocenters. The lowest BCUT2D eigenvalue weighted by Gasteiger charge is -2.26. The predicted molar refractivity (Wildman–Crippen MR) is 57.7 cm³/mol. The summed E-state index contributed by atoms with van der Waals surface area (Å²) in [6, 6.07) is 1.03. The standard InChI is InChI=1S/C11H24N2/c1-11(2,3)7-5-10-9(12)6-8-13(10)4/h9-10H,5-8,12H2,1-4H3. The van der Waals surface area contributed by atoms with E-state index in [-0.39, 0.29) is 0 Å². The van der Waals surface area contributed by atoms with Gasteiger partial charge in [0.25, 0.3) is 0 Å². The van der Waals surface area contributed by atoms with E-state index in [1.54, 1.807) is 0 Å². The molecule has 0 saturated carbocycles. The number of nitrogens with two attached hydrogens (primary N) is 1. The molecule has 1 aliphatic heterocycles. The average molecular weight is 184 g/mol. The van der Waals surface area contributed by atoms with Crippen LogP contribution in [0.5, 0.6) is 0 Å². The minimum absolute atomic E-state index is 0.410. The molecule has 2 heteroatoms. The monoisotopic (exact) mass is 184 g/mol. The number of nitrogens with zero attached hydrogens (tertiary/aromatic N) is 1. The van der Waals surface area contributed by atoms with Gasteiger partial charge in [0.1, 0.15) is 0 Å². The highest BCUT2D eigenvalue weighted by molar-refractivity contribution is 4.88. The molecule has 1 fully saturated rings. The summed E-state index contributed by atoms with van der Waals surface area (Å²) in [5.41, 5.74) is 6.50. The van der Waals surface area contributed by atoms with Crippen LogP contribution in [-0.2, 0) is 0 Å². The second-order valence-electron chi connectivity index (χ2n) is 5.60. The molecule has 0 amide bonds. The molecule has 1 saturated heterocycles. The van der Waals surface area contributed by atoms with Crippen LogP contribution in [0.3, 0.4) is 0 Å². The molecular weight excluding hydrogens is 160 g/mol. The molecule has 1 rings (SSSR count). The van der Waals surface area contributed by atoms with Gasteiger partial charge >= 0.3 is 0 Å². The van der Waals surface area contributed by atoms with Crippen LogP contribution in [0.2, 0.25) is 0 Å². The van der Waals surface area contributed by atoms with Crippen molar-refractivity contribution in [2.45, 2.75) is 52.1 Å². The largest absolute Gasteiger partial charge is 0.326 e. The van der Waals surface area contributed by atoms with Crippen molar-refractivity contribution < 1.29 is 0 Å². The number of likely N-dealkylation sites (N-methyl/N-ethyl adjacent to an activating group) is 1. The second kappa shape index (κ2) is 3.97. The molecule has 0 spiro atoms. The fourth-order valence-corrected chi connectivity index (χ4v) is 2.05. The Morgan fingerprint density at radius 3 is 2.38 bits per heavy atom. The lowest BCUT2D eigenvalue weighted by Crippen LogP contribution is -2.37. The molecule has 1 heterocycles. The number of likely N-dealkylation sites (tertiary alicyclic amines) is 1. The van der Waals surface area contributed by atoms with Gasteiger partial charge in [-0.05, 0) is 38.3 Å². The Labute approximate surface area is 82.5 Å². The molecule has 2 N–H and O–H groups in total. The van der Waals surface area contributed by atoms with Gasteiger partial charge in [0.2, 0.25) is 0 Å². The summed E-state index contributed by atoms with van der Waals surface area (Å²) >= 11 is 0. The van der Waals surface area contributed by atoms with E-state index in [9.17, 15) is 0 Å². The van der Waals surface area contributed by atoms with Crippen LogP contribution in [0.1, 0.15) is 40.0 Å². The summed E-state index contributed by atoms with van der Waals surface area (Å²) in [7, 11) is 2.19. The van der Waals surface area contributed by atoms with Crippen molar-refractivity contribution in [1.29, 1.82) is 0 Å². The Morgan fingerprint density at radius 2 is 2.00 bits per heavy atom. The first-order valence-corrected chi connectivity index (χ1v) is 5.36. The van der Waals surface area contributed by atoms with Crippen molar-refractivity contribution in [2.24, 2.45) is 11.1 Å². The van der Waals surface area contributed by atoms with Gasteiger partial charge in [0.05, 0.1) is 0 Å². The summed E-state index contributed by atoms with van der Waals surface area (Å²) in [6.07, 6.45) is 3.70. The number of hydrogen-bond donors (Lipinski definition) is 1. The minimum Gasteiger partial charge on any atom is -0.326 e. The van der Waals surface area contributed by atoms with Crippen LogP contribution < -0.4 is 5.73 Å². The van der Waals surface area contributed by atoms with Gasteiger partial charge in [-0.1, -0.05) is 20.8 Å². The third kappa shape index (κ3) is 3.28. The Bertz CT molecular complexity index is 150. The molecule has 2 nitrogen and oxygen atoms in total. The van der Waals surface area contributed by atoms with Gasteiger partial charge in [-0.2, -0.15) is 0 Å². The predicted octanol–water partition coefficient (Wildman–Crippen LogP) is 1.84. The van der Waals surface area contributed by atoms with E-state index >= 15 is 0 Å². The number of rotatable bonds is 2. The molecule has 2 unspecified atom stereocenters. The van der Waals surface area contributed by atoms with Crippen molar-refractivity contribution in [3.05, 3.63) is 0 Å². The van der Waals surface area contributed by atoms with Gasteiger partial charge in [0, 0.05) is 12.1 Å². The Balaban J connectivity index is 2.35. The molecule has 0 bridgehead atoms. The van der Waals surface area contributed by atoms with E-state index in [0.29, 0.717) is 17.5 Å². The summed E-state index contributed by atoms with van der Waals surface area (Å²) in [4.78, 5) is 2.41. The molecule has 0 radical (unpaired) electrons. The van der Waals surface area contributed by atoms with Crippen molar-refractivity contribution >= 4 is 0 Å². The van der Waals surface area contributed by atoms with Crippen molar-refractivity contribution in [2.75, 3.05) is 13.6 Å². The third-order valence-corrected chi connectivity index (χ3v) is 3.07. The molecule has 0 aromatic heterocycles. The van der Waals surface area contributed by atoms with Crippen molar-refractivity contribution in [3.63, 3.8) is 0 Å². The quantitative estimate of drug-likeness (QED) is 0.709. The molecular formula is C11H24N2. The lowest BCUT2D eigenvalue weighted by molar-refractivity contribution is 0.243. The van der Waals surface area contributed by atoms with Crippen LogP contribution in [0.25, 0.3) is 0 Å². The van der Waals surface area contributed by atoms with Crippen LogP contribution in [0, 0.1) is 5.41 Å². The Hall–Kier alpha value is -0.0800. The molecule has 13 heavy (non-hydrogen) atoms. The summed E-state index contributed by atoms with van der Waals surface area (Å²) < 4.78 is 0. The summed E-state index contributed by atoms with van der Waals surface area (Å²) in [5.74, 6) is 0. The zero-order valence-corrected chi connectivity index (χ0v) is 9.51. The van der Waals surface area contributed by atoms with Gasteiger partial charge in [0.15, 0.2) is 0 Å². The summed E-state index contributed by atoms with van der Waals surface area (Å²) in [5, 5.41) is 0. The van der Waals surface area contributed by atoms with E-state index in [2.05, 4.69) is 32.7 Å². The van der Waals surface area contributed by atoms with E-state index in [1.165, 1.54) is 25.8 Å². The average Bonchev–Trinajstić information content (AvgIpc) is 2.27. The zero-order chi connectivity index (χ0) is 10.1. The topological polar surface area (TPSA) is 29.3 Å². The fraction of sp³-hybridized carbons (Fsp3) is 1.00. The summed E-state index contributed by atoms with van der Waals surface area (Å²) in [6.45, 7) is 8.07. The zero-order valence-electron chi connectivity index (χ0n) is 9.51. The molecule has 0 aliphatic carbocycles. The molecule has 0 aromatic rings. The van der Waals surface area contributed by atoms with E-state index < -0.39 is 0 Å². The maximum atomic E-state index is 6.06. The maximum Gasteiger partial charge on any atom is 0.0244 e. The molecule has 0 aromatic carbocycles. The second-order valence-corrected chi connectivity index (χ2v) is 5.60. The fourth-order valence-electron chi connectivity index (χ4n) is 2.05. The smallest absolute Gasteiger partial charge is 0.0244 e. The normalized spacial score (nSPS) is 31.2. The third-order valence-electron chi connectivity index (χ3n) is 3.07. The van der Waals surface area contributed by atoms with Crippen molar-refractivity contribution in [1.82, 2.24) is 4.90 Å². The highest BCUT2D eigenvalue weighted by Gasteiger charge is 2.29. The number of hydrogen-bond acceptors (Lipinski definition) is 2. The van der Waals surface area contributed by atoms with Crippen LogP contribution >= 0.6 is 0 Å². The first-order valence-electron chi connectivity index (χ1n) is 5.36. The maximum absolute atomic E-state index is 6.06. The van der Waals surface area contributed by atoms with Crippen LogP contribution in [0.15, 0.2) is 0 Å². The van der Waals surface area contributed by atoms with Crippen LogP contribution in [0.4, 0.5) is 0 Å². The Morgan fingerprint density at radius 1 is 1.38 bits per heavy atom. The minimum atomic E-state index is 0.410. The van der Waals surface area contributed by atoms with Gasteiger partial charge in [-0.25, -0.2) is 0 Å². The highest BCUT2D eigenvalue weighted by atomic mass is 15.2. The molecule has 78 valence electrons. The van der Waals surface area contributed by atoms with E-state index in [1.807, 2.05) is 0 Å². The van der Waals surface area contributed by atoms with Gasteiger partial charge in [-0.15, -0.1) is 0 Å². The molecule has 1 aliphatic rings. The lowest BCUT2D eigenvalue weighted by atomic mass is 9.87. The van der Waals surface area contributed by atoms with Crippen LogP contribution in [-0.4, -0.2) is 30.6 Å². The van der Waals surface area contributed by atoms with E-state index in [4.69, 9.17) is 5.73 Å². The first-order chi connectivity index (χ1) is 5.90. The van der Waals surface area contributed by atoms with Gasteiger partial charge < -0.3 is 10.6 Å². The first kappa shape index (κ1) is 11.0. The SMILES string of the molecule is CN1CCC(N)C1CCC(C)(C)C. The van der Waals surface area contributed by atoms with E-state index in [0.717, 1.165) is 0 Å². The highest BCUT2D eigenvalue weighted by Crippen LogP contribution is 2.26. The van der Waals surface area contributed by atoms with Gasteiger partial charge in [-0.3, -0.25) is 0 Å².